The van der Waals surface area contributed by atoms with Crippen molar-refractivity contribution in [1.82, 2.24) is 4.90 Å². The van der Waals surface area contributed by atoms with E-state index in [1.807, 2.05) is 0 Å². The summed E-state index contributed by atoms with van der Waals surface area (Å²) < 4.78 is 51.1. The normalized spacial score (nSPS) is 29.1. The van der Waals surface area contributed by atoms with Crippen LogP contribution in [0.15, 0.2) is 0 Å². The maximum atomic E-state index is 13.7. The van der Waals surface area contributed by atoms with Crippen molar-refractivity contribution in [3.63, 3.8) is 0 Å². The summed E-state index contributed by atoms with van der Waals surface area (Å²) in [6.45, 7) is 0.0328. The van der Waals surface area contributed by atoms with Crippen molar-refractivity contribution in [1.29, 1.82) is 0 Å². The van der Waals surface area contributed by atoms with E-state index in [0.29, 0.717) is 5.33 Å². The Morgan fingerprint density at radius 3 is 2.46 bits per heavy atom. The van der Waals surface area contributed by atoms with E-state index in [-0.39, 0.29) is 12.6 Å². The van der Waals surface area contributed by atoms with E-state index in [1.54, 1.807) is 0 Å². The molecule has 2 atom stereocenters. The van der Waals surface area contributed by atoms with E-state index in [2.05, 4.69) is 20.7 Å². The third kappa shape index (κ3) is 3.42. The number of ether oxygens (including phenoxy) is 2. The van der Waals surface area contributed by atoms with Gasteiger partial charge in [-0.3, -0.25) is 9.59 Å². The van der Waals surface area contributed by atoms with E-state index in [9.17, 15) is 22.8 Å². The Morgan fingerprint density at radius 1 is 1.33 bits per heavy atom. The number of nitrogens with zero attached hydrogens (tertiary/aromatic N) is 1. The zero-order valence-corrected chi connectivity index (χ0v) is 15.0. The number of esters is 1. The summed E-state index contributed by atoms with van der Waals surface area (Å²) in [5.74, 6) is -2.86. The third-order valence-electron chi connectivity index (χ3n) is 4.70. The van der Waals surface area contributed by atoms with Crippen LogP contribution in [-0.4, -0.2) is 54.3 Å². The van der Waals surface area contributed by atoms with Crippen LogP contribution >= 0.6 is 15.9 Å². The number of carbonyl (C=O) groups excluding carboxylic acids is 2. The molecule has 1 aliphatic carbocycles. The molecular formula is C15H21BrF3NO4. The highest BCUT2D eigenvalue weighted by Crippen LogP contribution is 2.50. The molecule has 0 bridgehead atoms. The van der Waals surface area contributed by atoms with Gasteiger partial charge in [-0.05, 0) is 12.8 Å². The fourth-order valence-corrected chi connectivity index (χ4v) is 3.80. The lowest BCUT2D eigenvalue weighted by Gasteiger charge is -2.30. The summed E-state index contributed by atoms with van der Waals surface area (Å²) in [4.78, 5) is 25.5. The van der Waals surface area contributed by atoms with Gasteiger partial charge in [0.25, 0.3) is 5.91 Å². The summed E-state index contributed by atoms with van der Waals surface area (Å²) in [6, 6.07) is 0. The molecule has 0 aromatic heterocycles. The SMILES string of the molecule is COC(=O)C1(C(F)(F)F)CC(OC2CCCCC2)N(CCBr)C1=O. The molecule has 1 aliphatic heterocycles. The van der Waals surface area contributed by atoms with Crippen molar-refractivity contribution in [2.24, 2.45) is 5.41 Å². The predicted molar refractivity (Wildman–Crippen MR) is 82.4 cm³/mol. The molecule has 9 heteroatoms. The Balaban J connectivity index is 2.30. The van der Waals surface area contributed by atoms with Gasteiger partial charge < -0.3 is 14.4 Å². The van der Waals surface area contributed by atoms with Crippen molar-refractivity contribution in [2.45, 2.75) is 57.0 Å². The van der Waals surface area contributed by atoms with Crippen LogP contribution in [0.4, 0.5) is 13.2 Å². The van der Waals surface area contributed by atoms with Crippen LogP contribution in [-0.2, 0) is 19.1 Å². The Morgan fingerprint density at radius 2 is 1.96 bits per heavy atom. The highest BCUT2D eigenvalue weighted by molar-refractivity contribution is 9.09. The van der Waals surface area contributed by atoms with Gasteiger partial charge in [0, 0.05) is 18.3 Å². The standard InChI is InChI=1S/C15H21BrF3NO4/c1-23-13(22)14(15(17,18)19)9-11(20(8-7-16)12(14)21)24-10-5-3-2-4-6-10/h10-11H,2-9H2,1H3. The molecule has 0 radical (unpaired) electrons. The van der Waals surface area contributed by atoms with Gasteiger partial charge in [-0.2, -0.15) is 13.2 Å². The Bertz CT molecular complexity index is 482. The molecule has 2 unspecified atom stereocenters. The number of carbonyl (C=O) groups is 2. The predicted octanol–water partition coefficient (Wildman–Crippen LogP) is 3.01. The highest BCUT2D eigenvalue weighted by atomic mass is 79.9. The van der Waals surface area contributed by atoms with Crippen molar-refractivity contribution < 1.29 is 32.2 Å². The van der Waals surface area contributed by atoms with Crippen molar-refractivity contribution in [2.75, 3.05) is 19.0 Å². The smallest absolute Gasteiger partial charge is 0.413 e. The summed E-state index contributed by atoms with van der Waals surface area (Å²) in [5.41, 5.74) is -3.18. The molecule has 0 spiro atoms. The van der Waals surface area contributed by atoms with Crippen LogP contribution in [0.1, 0.15) is 38.5 Å². The Labute approximate surface area is 147 Å². The molecule has 0 N–H and O–H groups in total. The first-order valence-electron chi connectivity index (χ1n) is 7.95. The van der Waals surface area contributed by atoms with E-state index >= 15 is 0 Å². The number of hydrogen-bond donors (Lipinski definition) is 0. The summed E-state index contributed by atoms with van der Waals surface area (Å²) in [6.07, 6.45) is -2.57. The van der Waals surface area contributed by atoms with Crippen LogP contribution in [0.5, 0.6) is 0 Å². The number of amides is 1. The molecule has 2 aliphatic rings. The van der Waals surface area contributed by atoms with Crippen LogP contribution in [0.2, 0.25) is 0 Å². The number of alkyl halides is 4. The van der Waals surface area contributed by atoms with Crippen LogP contribution in [0.25, 0.3) is 0 Å². The molecule has 0 aromatic rings. The Hall–Kier alpha value is -0.830. The maximum absolute atomic E-state index is 13.7. The first-order valence-corrected chi connectivity index (χ1v) is 9.07. The van der Waals surface area contributed by atoms with E-state index < -0.39 is 36.1 Å². The second-order valence-electron chi connectivity index (χ2n) is 6.14. The molecule has 24 heavy (non-hydrogen) atoms. The average molecular weight is 416 g/mol. The zero-order valence-electron chi connectivity index (χ0n) is 13.4. The quantitative estimate of drug-likeness (QED) is 0.393. The number of methoxy groups -OCH3 is 1. The van der Waals surface area contributed by atoms with E-state index in [4.69, 9.17) is 4.74 Å². The number of likely N-dealkylation sites (tertiary alicyclic amines) is 1. The molecule has 5 nitrogen and oxygen atoms in total. The molecule has 2 fully saturated rings. The highest BCUT2D eigenvalue weighted by Gasteiger charge is 2.72. The van der Waals surface area contributed by atoms with Gasteiger partial charge in [-0.1, -0.05) is 35.2 Å². The number of halogens is 4. The third-order valence-corrected chi connectivity index (χ3v) is 5.05. The van der Waals surface area contributed by atoms with Crippen LogP contribution < -0.4 is 0 Å². The molecule has 1 saturated carbocycles. The minimum atomic E-state index is -5.04. The fourth-order valence-electron chi connectivity index (χ4n) is 3.41. The molecule has 0 aromatic carbocycles. The van der Waals surface area contributed by atoms with E-state index in [0.717, 1.165) is 44.1 Å². The van der Waals surface area contributed by atoms with Gasteiger partial charge in [0.2, 0.25) is 5.41 Å². The molecule has 1 amide bonds. The molecule has 1 heterocycles. The topological polar surface area (TPSA) is 55.8 Å². The molecule has 2 rings (SSSR count). The minimum absolute atomic E-state index is 0.0328. The van der Waals surface area contributed by atoms with Crippen molar-refractivity contribution in [3.8, 4) is 0 Å². The van der Waals surface area contributed by atoms with Gasteiger partial charge in [0.05, 0.1) is 13.2 Å². The summed E-state index contributed by atoms with van der Waals surface area (Å²) >= 11 is 3.13. The van der Waals surface area contributed by atoms with Crippen molar-refractivity contribution in [3.05, 3.63) is 0 Å². The van der Waals surface area contributed by atoms with Crippen molar-refractivity contribution >= 4 is 27.8 Å². The first-order chi connectivity index (χ1) is 11.3. The van der Waals surface area contributed by atoms with Gasteiger partial charge >= 0.3 is 12.1 Å². The van der Waals surface area contributed by atoms with Gasteiger partial charge in [-0.15, -0.1) is 0 Å². The average Bonchev–Trinajstić information content (AvgIpc) is 2.82. The number of rotatable bonds is 5. The first kappa shape index (κ1) is 19.5. The fraction of sp³-hybridized carbons (Fsp3) is 0.867. The lowest BCUT2D eigenvalue weighted by Crippen LogP contribution is -2.51. The molecular weight excluding hydrogens is 395 g/mol. The van der Waals surface area contributed by atoms with E-state index in [1.165, 1.54) is 0 Å². The second-order valence-corrected chi connectivity index (χ2v) is 6.93. The van der Waals surface area contributed by atoms with Gasteiger partial charge in [0.1, 0.15) is 6.23 Å². The van der Waals surface area contributed by atoms with Gasteiger partial charge in [-0.25, -0.2) is 0 Å². The summed E-state index contributed by atoms with van der Waals surface area (Å²) in [7, 11) is 0.854. The largest absolute Gasteiger partial charge is 0.468 e. The minimum Gasteiger partial charge on any atom is -0.468 e. The maximum Gasteiger partial charge on any atom is 0.413 e. The molecule has 1 saturated heterocycles. The monoisotopic (exact) mass is 415 g/mol. The Kier molecular flexibility index (Phi) is 6.17. The lowest BCUT2D eigenvalue weighted by molar-refractivity contribution is -0.229. The zero-order chi connectivity index (χ0) is 18.0. The molecule has 138 valence electrons. The van der Waals surface area contributed by atoms with Crippen LogP contribution in [0.3, 0.4) is 0 Å². The lowest BCUT2D eigenvalue weighted by atomic mass is 9.85. The van der Waals surface area contributed by atoms with Crippen LogP contribution in [0, 0.1) is 5.41 Å². The second kappa shape index (κ2) is 7.59. The summed E-state index contributed by atoms with van der Waals surface area (Å²) in [5, 5.41) is 0.290. The number of hydrogen-bond acceptors (Lipinski definition) is 4. The van der Waals surface area contributed by atoms with Gasteiger partial charge in [0.15, 0.2) is 0 Å².